The minimum atomic E-state index is -0.207. The molecule has 0 aromatic heterocycles. The highest BCUT2D eigenvalue weighted by Crippen LogP contribution is 2.08. The summed E-state index contributed by atoms with van der Waals surface area (Å²) >= 11 is 0. The van der Waals surface area contributed by atoms with Gasteiger partial charge in [-0.3, -0.25) is 9.69 Å². The third kappa shape index (κ3) is 3.55. The van der Waals surface area contributed by atoms with E-state index in [1.54, 1.807) is 0 Å². The Morgan fingerprint density at radius 3 is 2.94 bits per heavy atom. The van der Waals surface area contributed by atoms with Crippen LogP contribution in [0, 0.1) is 0 Å². The van der Waals surface area contributed by atoms with Crippen molar-refractivity contribution < 1.29 is 9.53 Å². The second-order valence-corrected chi connectivity index (χ2v) is 4.60. The van der Waals surface area contributed by atoms with E-state index in [1.807, 2.05) is 18.2 Å². The Balaban J connectivity index is 1.97. The van der Waals surface area contributed by atoms with Crippen LogP contribution in [-0.4, -0.2) is 43.7 Å². The van der Waals surface area contributed by atoms with Crippen LogP contribution < -0.4 is 5.32 Å². The molecule has 1 aromatic rings. The lowest BCUT2D eigenvalue weighted by atomic mass is 10.2. The molecule has 1 aromatic carbocycles. The smallest absolute Gasteiger partial charge is 0.324 e. The topological polar surface area (TPSA) is 41.6 Å². The van der Waals surface area contributed by atoms with Crippen LogP contribution in [0.25, 0.3) is 0 Å². The fraction of sp³-hybridized carbons (Fsp3) is 0.500. The van der Waals surface area contributed by atoms with Crippen molar-refractivity contribution >= 4 is 5.97 Å². The maximum atomic E-state index is 11.6. The largest absolute Gasteiger partial charge is 0.468 e. The molecular weight excluding hydrogens is 228 g/mol. The average Bonchev–Trinajstić information content (AvgIpc) is 2.65. The Morgan fingerprint density at radius 1 is 1.44 bits per heavy atom. The number of ether oxygens (including phenoxy) is 1. The van der Waals surface area contributed by atoms with Crippen molar-refractivity contribution in [3.63, 3.8) is 0 Å². The number of hydrogen-bond donors (Lipinski definition) is 1. The van der Waals surface area contributed by atoms with Gasteiger partial charge in [0.15, 0.2) is 0 Å². The van der Waals surface area contributed by atoms with E-state index in [0.29, 0.717) is 6.54 Å². The average molecular weight is 248 g/mol. The number of rotatable bonds is 3. The molecule has 4 heteroatoms. The second-order valence-electron chi connectivity index (χ2n) is 4.60. The van der Waals surface area contributed by atoms with Gasteiger partial charge in [-0.2, -0.15) is 0 Å². The number of esters is 1. The van der Waals surface area contributed by atoms with Crippen LogP contribution in [0.3, 0.4) is 0 Å². The van der Waals surface area contributed by atoms with E-state index < -0.39 is 0 Å². The molecule has 1 heterocycles. The van der Waals surface area contributed by atoms with Crippen LogP contribution in [0.1, 0.15) is 12.0 Å². The highest BCUT2D eigenvalue weighted by molar-refractivity contribution is 5.75. The molecule has 0 radical (unpaired) electrons. The van der Waals surface area contributed by atoms with E-state index in [-0.39, 0.29) is 12.0 Å². The summed E-state index contributed by atoms with van der Waals surface area (Å²) in [4.78, 5) is 13.9. The lowest BCUT2D eigenvalue weighted by Crippen LogP contribution is -2.43. The highest BCUT2D eigenvalue weighted by atomic mass is 16.5. The molecule has 0 spiro atoms. The van der Waals surface area contributed by atoms with Crippen molar-refractivity contribution in [2.75, 3.05) is 26.7 Å². The molecule has 1 N–H and O–H groups in total. The normalized spacial score (nSPS) is 21.3. The molecule has 2 rings (SSSR count). The minimum absolute atomic E-state index is 0.171. The highest BCUT2D eigenvalue weighted by Gasteiger charge is 2.24. The molecule has 0 aliphatic carbocycles. The molecule has 4 nitrogen and oxygen atoms in total. The SMILES string of the molecule is COC(=O)C1CN(Cc2ccccc2)CCCN1. The molecule has 0 saturated carbocycles. The van der Waals surface area contributed by atoms with Gasteiger partial charge in [-0.25, -0.2) is 0 Å². The van der Waals surface area contributed by atoms with Gasteiger partial charge in [0.05, 0.1) is 7.11 Å². The molecule has 1 atom stereocenters. The van der Waals surface area contributed by atoms with Crippen molar-refractivity contribution in [2.24, 2.45) is 0 Å². The van der Waals surface area contributed by atoms with Gasteiger partial charge in [0.2, 0.25) is 0 Å². The van der Waals surface area contributed by atoms with E-state index >= 15 is 0 Å². The summed E-state index contributed by atoms with van der Waals surface area (Å²) in [6.45, 7) is 3.47. The lowest BCUT2D eigenvalue weighted by Gasteiger charge is -2.22. The van der Waals surface area contributed by atoms with Gasteiger partial charge in [-0.15, -0.1) is 0 Å². The molecular formula is C14H20N2O2. The maximum absolute atomic E-state index is 11.6. The van der Waals surface area contributed by atoms with E-state index in [0.717, 1.165) is 26.1 Å². The number of nitrogens with zero attached hydrogens (tertiary/aromatic N) is 1. The molecule has 18 heavy (non-hydrogen) atoms. The first-order valence-corrected chi connectivity index (χ1v) is 6.37. The molecule has 1 aliphatic heterocycles. The summed E-state index contributed by atoms with van der Waals surface area (Å²) < 4.78 is 4.82. The zero-order valence-corrected chi connectivity index (χ0v) is 10.8. The standard InChI is InChI=1S/C14H20N2O2/c1-18-14(17)13-11-16(9-5-8-15-13)10-12-6-3-2-4-7-12/h2-4,6-7,13,15H,5,8-11H2,1H3. The molecule has 1 unspecified atom stereocenters. The molecule has 1 aliphatic rings. The Kier molecular flexibility index (Phi) is 4.73. The summed E-state index contributed by atoms with van der Waals surface area (Å²) in [5.74, 6) is -0.171. The third-order valence-electron chi connectivity index (χ3n) is 3.22. The van der Waals surface area contributed by atoms with E-state index in [1.165, 1.54) is 12.7 Å². The number of carbonyl (C=O) groups is 1. The first kappa shape index (κ1) is 13.1. The Bertz CT molecular complexity index is 381. The molecule has 0 amide bonds. The van der Waals surface area contributed by atoms with Gasteiger partial charge in [-0.1, -0.05) is 30.3 Å². The van der Waals surface area contributed by atoms with Crippen LogP contribution in [0.4, 0.5) is 0 Å². The van der Waals surface area contributed by atoms with Crippen LogP contribution in [0.2, 0.25) is 0 Å². The molecule has 0 bridgehead atoms. The van der Waals surface area contributed by atoms with Gasteiger partial charge < -0.3 is 10.1 Å². The van der Waals surface area contributed by atoms with E-state index in [9.17, 15) is 4.79 Å². The van der Waals surface area contributed by atoms with Gasteiger partial charge in [0.1, 0.15) is 6.04 Å². The molecule has 1 saturated heterocycles. The summed E-state index contributed by atoms with van der Waals surface area (Å²) in [5, 5.41) is 3.23. The Morgan fingerprint density at radius 2 is 2.22 bits per heavy atom. The van der Waals surface area contributed by atoms with Crippen LogP contribution in [0.5, 0.6) is 0 Å². The number of nitrogens with one attached hydrogen (secondary N) is 1. The quantitative estimate of drug-likeness (QED) is 0.811. The molecule has 1 fully saturated rings. The molecule has 98 valence electrons. The predicted molar refractivity (Wildman–Crippen MR) is 70.1 cm³/mol. The predicted octanol–water partition coefficient (Wildman–Crippen LogP) is 1.02. The van der Waals surface area contributed by atoms with Gasteiger partial charge in [0.25, 0.3) is 0 Å². The Hall–Kier alpha value is -1.39. The zero-order valence-electron chi connectivity index (χ0n) is 10.8. The lowest BCUT2D eigenvalue weighted by molar-refractivity contribution is -0.143. The third-order valence-corrected chi connectivity index (χ3v) is 3.22. The summed E-state index contributed by atoms with van der Waals surface area (Å²) in [6, 6.07) is 10.1. The number of hydrogen-bond acceptors (Lipinski definition) is 4. The van der Waals surface area contributed by atoms with Crippen LogP contribution >= 0.6 is 0 Å². The van der Waals surface area contributed by atoms with E-state index in [4.69, 9.17) is 4.74 Å². The monoisotopic (exact) mass is 248 g/mol. The van der Waals surface area contributed by atoms with Crippen molar-refractivity contribution in [2.45, 2.75) is 19.0 Å². The van der Waals surface area contributed by atoms with Crippen molar-refractivity contribution in [1.82, 2.24) is 10.2 Å². The van der Waals surface area contributed by atoms with E-state index in [2.05, 4.69) is 22.3 Å². The minimum Gasteiger partial charge on any atom is -0.468 e. The van der Waals surface area contributed by atoms with Gasteiger partial charge >= 0.3 is 5.97 Å². The first-order valence-electron chi connectivity index (χ1n) is 6.37. The van der Waals surface area contributed by atoms with Crippen molar-refractivity contribution in [3.05, 3.63) is 35.9 Å². The summed E-state index contributed by atoms with van der Waals surface area (Å²) in [7, 11) is 1.44. The fourth-order valence-corrected chi connectivity index (χ4v) is 2.28. The van der Waals surface area contributed by atoms with Crippen molar-refractivity contribution in [1.29, 1.82) is 0 Å². The van der Waals surface area contributed by atoms with Crippen LogP contribution in [0.15, 0.2) is 30.3 Å². The Labute approximate surface area is 108 Å². The maximum Gasteiger partial charge on any atom is 0.324 e. The van der Waals surface area contributed by atoms with Crippen molar-refractivity contribution in [3.8, 4) is 0 Å². The summed E-state index contributed by atoms with van der Waals surface area (Å²) in [6.07, 6.45) is 1.06. The fourth-order valence-electron chi connectivity index (χ4n) is 2.28. The number of methoxy groups -OCH3 is 1. The summed E-state index contributed by atoms with van der Waals surface area (Å²) in [5.41, 5.74) is 1.28. The first-order chi connectivity index (χ1) is 8.79. The van der Waals surface area contributed by atoms with Gasteiger partial charge in [-0.05, 0) is 25.1 Å². The second kappa shape index (κ2) is 6.52. The zero-order chi connectivity index (χ0) is 12.8. The van der Waals surface area contributed by atoms with Crippen LogP contribution in [-0.2, 0) is 16.1 Å². The van der Waals surface area contributed by atoms with Gasteiger partial charge in [0, 0.05) is 13.1 Å². The number of carbonyl (C=O) groups excluding carboxylic acids is 1. The number of benzene rings is 1.